The molecule has 0 unspecified atom stereocenters. The molecule has 0 amide bonds. The van der Waals surface area contributed by atoms with Crippen molar-refractivity contribution < 1.29 is 9.59 Å². The Bertz CT molecular complexity index is 156. The normalized spacial score (nSPS) is 11.3. The van der Waals surface area contributed by atoms with E-state index in [1.54, 1.807) is 6.92 Å². The molecule has 0 N–H and O–H groups in total. The highest BCUT2D eigenvalue weighted by Gasteiger charge is 2.33. The van der Waals surface area contributed by atoms with Crippen LogP contribution in [-0.4, -0.2) is 11.6 Å². The van der Waals surface area contributed by atoms with E-state index >= 15 is 0 Å². The Morgan fingerprint density at radius 2 is 1.55 bits per heavy atom. The second-order valence-corrected chi connectivity index (χ2v) is 3.19. The lowest BCUT2D eigenvalue weighted by molar-refractivity contribution is -0.137. The summed E-state index contributed by atoms with van der Waals surface area (Å²) in [5.41, 5.74) is -0.727. The number of hydrogen-bond acceptors (Lipinski definition) is 2. The maximum Gasteiger partial charge on any atom is 0.143 e. The van der Waals surface area contributed by atoms with Crippen molar-refractivity contribution in [2.24, 2.45) is 5.41 Å². The maximum absolute atomic E-state index is 11.1. The number of carbonyl (C=O) groups is 2. The number of carbonyl (C=O) groups excluding carboxylic acids is 2. The third kappa shape index (κ3) is 2.14. The molecule has 64 valence electrons. The number of Topliss-reactive ketones (excluding diaryl/α,β-unsaturated/α-hetero) is 2. The fraction of sp³-hybridized carbons (Fsp3) is 0.778. The van der Waals surface area contributed by atoms with Gasteiger partial charge in [-0.15, -0.1) is 0 Å². The van der Waals surface area contributed by atoms with Gasteiger partial charge >= 0.3 is 0 Å². The molecular weight excluding hydrogens is 140 g/mol. The average Bonchev–Trinajstić information content (AvgIpc) is 1.87. The van der Waals surface area contributed by atoms with Crippen molar-refractivity contribution in [2.45, 2.75) is 40.5 Å². The van der Waals surface area contributed by atoms with Gasteiger partial charge in [0.25, 0.3) is 0 Å². The second-order valence-electron chi connectivity index (χ2n) is 3.19. The minimum atomic E-state index is -0.727. The number of rotatable bonds is 4. The van der Waals surface area contributed by atoms with Crippen LogP contribution in [0.4, 0.5) is 0 Å². The highest BCUT2D eigenvalue weighted by Crippen LogP contribution is 2.25. The van der Waals surface area contributed by atoms with Gasteiger partial charge in [-0.05, 0) is 27.2 Å². The predicted octanol–water partition coefficient (Wildman–Crippen LogP) is 1.97. The van der Waals surface area contributed by atoms with Gasteiger partial charge in [0.05, 0.1) is 5.41 Å². The molecule has 0 aliphatic rings. The first-order valence-corrected chi connectivity index (χ1v) is 3.97. The lowest BCUT2D eigenvalue weighted by Gasteiger charge is -2.22. The van der Waals surface area contributed by atoms with Gasteiger partial charge in [-0.25, -0.2) is 0 Å². The smallest absolute Gasteiger partial charge is 0.143 e. The molecule has 0 heterocycles. The van der Waals surface area contributed by atoms with Crippen molar-refractivity contribution in [3.63, 3.8) is 0 Å². The van der Waals surface area contributed by atoms with Crippen molar-refractivity contribution in [1.82, 2.24) is 0 Å². The monoisotopic (exact) mass is 156 g/mol. The molecule has 0 radical (unpaired) electrons. The summed E-state index contributed by atoms with van der Waals surface area (Å²) in [5, 5.41) is 0. The Morgan fingerprint density at radius 3 is 1.64 bits per heavy atom. The molecule has 0 aliphatic carbocycles. The van der Waals surface area contributed by atoms with E-state index in [0.29, 0.717) is 6.42 Å². The third-order valence-electron chi connectivity index (χ3n) is 2.30. The van der Waals surface area contributed by atoms with Crippen LogP contribution in [0.25, 0.3) is 0 Å². The van der Waals surface area contributed by atoms with Gasteiger partial charge in [0, 0.05) is 0 Å². The molecule has 0 fully saturated rings. The van der Waals surface area contributed by atoms with E-state index in [2.05, 4.69) is 0 Å². The number of ketones is 2. The van der Waals surface area contributed by atoms with E-state index in [9.17, 15) is 9.59 Å². The first-order chi connectivity index (χ1) is 4.95. The minimum Gasteiger partial charge on any atom is -0.299 e. The van der Waals surface area contributed by atoms with Crippen LogP contribution in [-0.2, 0) is 9.59 Å². The third-order valence-corrected chi connectivity index (χ3v) is 2.30. The molecular formula is C9H16O2. The molecule has 2 nitrogen and oxygen atoms in total. The maximum atomic E-state index is 11.1. The molecule has 0 atom stereocenters. The van der Waals surface area contributed by atoms with Gasteiger partial charge in [-0.1, -0.05) is 13.3 Å². The van der Waals surface area contributed by atoms with Crippen molar-refractivity contribution in [1.29, 1.82) is 0 Å². The Kier molecular flexibility index (Phi) is 3.43. The molecule has 0 aromatic heterocycles. The van der Waals surface area contributed by atoms with Crippen LogP contribution < -0.4 is 0 Å². The Labute approximate surface area is 68.0 Å². The topological polar surface area (TPSA) is 34.1 Å². The quantitative estimate of drug-likeness (QED) is 0.583. The van der Waals surface area contributed by atoms with E-state index in [1.807, 2.05) is 6.92 Å². The molecule has 2 heteroatoms. The fourth-order valence-electron chi connectivity index (χ4n) is 1.10. The molecule has 0 rings (SSSR count). The lowest BCUT2D eigenvalue weighted by atomic mass is 9.78. The Hall–Kier alpha value is -0.660. The highest BCUT2D eigenvalue weighted by atomic mass is 16.2. The van der Waals surface area contributed by atoms with Gasteiger partial charge in [-0.2, -0.15) is 0 Å². The van der Waals surface area contributed by atoms with E-state index in [0.717, 1.165) is 6.42 Å². The zero-order valence-electron chi connectivity index (χ0n) is 7.73. The second kappa shape index (κ2) is 3.65. The van der Waals surface area contributed by atoms with Crippen LogP contribution in [0.3, 0.4) is 0 Å². The van der Waals surface area contributed by atoms with Crippen molar-refractivity contribution in [2.75, 3.05) is 0 Å². The van der Waals surface area contributed by atoms with Crippen LogP contribution in [0.2, 0.25) is 0 Å². The summed E-state index contributed by atoms with van der Waals surface area (Å²) in [6, 6.07) is 0. The SMILES string of the molecule is CCCC(C)(C(C)=O)C(C)=O. The van der Waals surface area contributed by atoms with E-state index in [-0.39, 0.29) is 11.6 Å². The molecule has 11 heavy (non-hydrogen) atoms. The zero-order valence-corrected chi connectivity index (χ0v) is 7.73. The molecule has 0 saturated heterocycles. The Balaban J connectivity index is 4.52. The van der Waals surface area contributed by atoms with Crippen molar-refractivity contribution in [3.05, 3.63) is 0 Å². The molecule has 0 aromatic carbocycles. The van der Waals surface area contributed by atoms with Gasteiger partial charge in [-0.3, -0.25) is 9.59 Å². The zero-order chi connectivity index (χ0) is 9.07. The fourth-order valence-corrected chi connectivity index (χ4v) is 1.10. The van der Waals surface area contributed by atoms with Crippen molar-refractivity contribution >= 4 is 11.6 Å². The van der Waals surface area contributed by atoms with Crippen LogP contribution in [0.5, 0.6) is 0 Å². The molecule has 0 saturated carbocycles. The van der Waals surface area contributed by atoms with E-state index < -0.39 is 5.41 Å². The minimum absolute atomic E-state index is 0.0214. The van der Waals surface area contributed by atoms with Crippen molar-refractivity contribution in [3.8, 4) is 0 Å². The predicted molar refractivity (Wildman–Crippen MR) is 44.4 cm³/mol. The summed E-state index contributed by atoms with van der Waals surface area (Å²) in [5.74, 6) is -0.0429. The Morgan fingerprint density at radius 1 is 1.18 bits per heavy atom. The summed E-state index contributed by atoms with van der Waals surface area (Å²) in [4.78, 5) is 22.2. The highest BCUT2D eigenvalue weighted by molar-refractivity contribution is 6.04. The molecule has 0 spiro atoms. The summed E-state index contributed by atoms with van der Waals surface area (Å²) in [7, 11) is 0. The van der Waals surface area contributed by atoms with E-state index in [1.165, 1.54) is 13.8 Å². The van der Waals surface area contributed by atoms with Crippen LogP contribution in [0.1, 0.15) is 40.5 Å². The summed E-state index contributed by atoms with van der Waals surface area (Å²) in [6.45, 7) is 6.67. The van der Waals surface area contributed by atoms with Gasteiger partial charge in [0.15, 0.2) is 0 Å². The van der Waals surface area contributed by atoms with Crippen LogP contribution in [0.15, 0.2) is 0 Å². The van der Waals surface area contributed by atoms with E-state index in [4.69, 9.17) is 0 Å². The summed E-state index contributed by atoms with van der Waals surface area (Å²) in [6.07, 6.45) is 1.54. The molecule has 0 bridgehead atoms. The van der Waals surface area contributed by atoms with Crippen LogP contribution in [0, 0.1) is 5.41 Å². The lowest BCUT2D eigenvalue weighted by Crippen LogP contribution is -2.32. The molecule has 0 aliphatic heterocycles. The first kappa shape index (κ1) is 10.3. The first-order valence-electron chi connectivity index (χ1n) is 3.97. The van der Waals surface area contributed by atoms with Crippen LogP contribution >= 0.6 is 0 Å². The molecule has 0 aromatic rings. The van der Waals surface area contributed by atoms with Gasteiger partial charge in [0.2, 0.25) is 0 Å². The number of hydrogen-bond donors (Lipinski definition) is 0. The van der Waals surface area contributed by atoms with Gasteiger partial charge < -0.3 is 0 Å². The largest absolute Gasteiger partial charge is 0.299 e. The average molecular weight is 156 g/mol. The summed E-state index contributed by atoms with van der Waals surface area (Å²) >= 11 is 0. The standard InChI is InChI=1S/C9H16O2/c1-5-6-9(4,7(2)10)8(3)11/h5-6H2,1-4H3. The summed E-state index contributed by atoms with van der Waals surface area (Å²) < 4.78 is 0. The van der Waals surface area contributed by atoms with Gasteiger partial charge in [0.1, 0.15) is 11.6 Å².